The van der Waals surface area contributed by atoms with Crippen molar-refractivity contribution in [2.45, 2.75) is 30.7 Å². The molecule has 1 spiro atoms. The molecule has 1 amide bonds. The number of para-hydroxylation sites is 1. The lowest BCUT2D eigenvalue weighted by molar-refractivity contribution is -0.194. The van der Waals surface area contributed by atoms with Crippen LogP contribution in [0.5, 0.6) is 11.6 Å². The Morgan fingerprint density at radius 3 is 2.42 bits per heavy atom. The minimum atomic E-state index is -5.08. The van der Waals surface area contributed by atoms with Gasteiger partial charge in [-0.15, -0.1) is 0 Å². The number of carbonyl (C=O) groups is 2. The Labute approximate surface area is 187 Å². The molecule has 0 saturated carbocycles. The molecule has 0 radical (unpaired) electrons. The van der Waals surface area contributed by atoms with E-state index in [2.05, 4.69) is 4.98 Å². The lowest BCUT2D eigenvalue weighted by Gasteiger charge is -2.52. The minimum Gasteiger partial charge on any atom is -0.484 e. The highest BCUT2D eigenvalue weighted by Crippen LogP contribution is 2.35. The third-order valence-corrected chi connectivity index (χ3v) is 5.03. The number of halogens is 3. The van der Waals surface area contributed by atoms with E-state index >= 15 is 0 Å². The fraction of sp³-hybridized carbons (Fsp3) is 0.409. The Kier molecular flexibility index (Phi) is 7.75. The number of alkyl halides is 3. The van der Waals surface area contributed by atoms with Crippen LogP contribution < -0.4 is 9.47 Å². The van der Waals surface area contributed by atoms with Crippen molar-refractivity contribution in [3.05, 3.63) is 54.7 Å². The first-order valence-corrected chi connectivity index (χ1v) is 10.1. The van der Waals surface area contributed by atoms with E-state index < -0.39 is 12.1 Å². The van der Waals surface area contributed by atoms with Crippen LogP contribution in [0.25, 0.3) is 0 Å². The van der Waals surface area contributed by atoms with Gasteiger partial charge in [-0.2, -0.15) is 13.2 Å². The molecule has 33 heavy (non-hydrogen) atoms. The number of likely N-dealkylation sites (tertiary alicyclic amines) is 1. The molecule has 1 atom stereocenters. The molecule has 2 saturated heterocycles. The zero-order chi connectivity index (χ0) is 23.9. The number of rotatable bonds is 5. The van der Waals surface area contributed by atoms with Gasteiger partial charge in [-0.3, -0.25) is 4.79 Å². The second-order valence-electron chi connectivity index (χ2n) is 7.59. The van der Waals surface area contributed by atoms with Crippen molar-refractivity contribution in [2.75, 3.05) is 26.3 Å². The minimum absolute atomic E-state index is 0.0177. The average Bonchev–Trinajstić information content (AvgIpc) is 2.77. The summed E-state index contributed by atoms with van der Waals surface area (Å²) >= 11 is 0. The highest BCUT2D eigenvalue weighted by molar-refractivity contribution is 5.79. The summed E-state index contributed by atoms with van der Waals surface area (Å²) in [5.41, 5.74) is -0.292. The van der Waals surface area contributed by atoms with Gasteiger partial charge >= 0.3 is 12.1 Å². The van der Waals surface area contributed by atoms with Gasteiger partial charge < -0.3 is 24.2 Å². The van der Waals surface area contributed by atoms with Crippen LogP contribution in [0.1, 0.15) is 12.8 Å². The number of hydrogen-bond donors (Lipinski definition) is 1. The number of amides is 1. The van der Waals surface area contributed by atoms with Crippen molar-refractivity contribution in [2.24, 2.45) is 0 Å². The Morgan fingerprint density at radius 1 is 1.15 bits per heavy atom. The molecular formula is C22H23F3N2O6. The number of nitrogens with zero attached hydrogens (tertiary/aromatic N) is 2. The summed E-state index contributed by atoms with van der Waals surface area (Å²) in [6, 6.07) is 15.0. The standard InChI is InChI=1S/C20H22N2O4.C2HF3O2/c23-19(13-24-16-6-2-1-3-7-16)22-14-20(15-22)12-17(9-11-25-20)26-18-8-4-5-10-21-18;3-2(4,5)1(6)7/h1-8,10,17H,9,11-15H2;(H,6,7). The van der Waals surface area contributed by atoms with E-state index in [0.29, 0.717) is 31.3 Å². The molecule has 178 valence electrons. The zero-order valence-corrected chi connectivity index (χ0v) is 17.5. The number of carbonyl (C=O) groups excluding carboxylic acids is 1. The van der Waals surface area contributed by atoms with Crippen LogP contribution in [-0.4, -0.2) is 71.1 Å². The van der Waals surface area contributed by atoms with Gasteiger partial charge in [0, 0.05) is 25.1 Å². The normalized spacial score (nSPS) is 19.0. The molecular weight excluding hydrogens is 445 g/mol. The molecule has 11 heteroatoms. The highest BCUT2D eigenvalue weighted by Gasteiger charge is 2.50. The number of aliphatic carboxylic acids is 1. The molecule has 1 aromatic heterocycles. The summed E-state index contributed by atoms with van der Waals surface area (Å²) < 4.78 is 49.2. The van der Waals surface area contributed by atoms with E-state index in [-0.39, 0.29) is 24.2 Å². The Balaban J connectivity index is 0.000000383. The first-order chi connectivity index (χ1) is 15.7. The highest BCUT2D eigenvalue weighted by atomic mass is 19.4. The summed E-state index contributed by atoms with van der Waals surface area (Å²) in [4.78, 5) is 27.2. The van der Waals surface area contributed by atoms with Gasteiger partial charge in [0.2, 0.25) is 5.88 Å². The summed E-state index contributed by atoms with van der Waals surface area (Å²) in [6.45, 7) is 1.87. The van der Waals surface area contributed by atoms with Crippen molar-refractivity contribution in [1.29, 1.82) is 0 Å². The molecule has 4 rings (SSSR count). The smallest absolute Gasteiger partial charge is 0.484 e. The molecule has 2 fully saturated rings. The fourth-order valence-electron chi connectivity index (χ4n) is 3.47. The molecule has 3 heterocycles. The molecule has 1 unspecified atom stereocenters. The van der Waals surface area contributed by atoms with Crippen LogP contribution in [0.3, 0.4) is 0 Å². The maximum atomic E-state index is 12.3. The van der Waals surface area contributed by atoms with Gasteiger partial charge in [-0.1, -0.05) is 24.3 Å². The second kappa shape index (κ2) is 10.5. The number of carboxylic acids is 1. The predicted octanol–water partition coefficient (Wildman–Crippen LogP) is 2.93. The Hall–Kier alpha value is -3.34. The molecule has 0 aliphatic carbocycles. The van der Waals surface area contributed by atoms with E-state index in [1.807, 2.05) is 48.5 Å². The van der Waals surface area contributed by atoms with E-state index in [9.17, 15) is 18.0 Å². The van der Waals surface area contributed by atoms with E-state index in [1.54, 1.807) is 11.1 Å². The number of hydrogen-bond acceptors (Lipinski definition) is 6. The number of ether oxygens (including phenoxy) is 3. The van der Waals surface area contributed by atoms with Crippen LogP contribution in [0.4, 0.5) is 13.2 Å². The van der Waals surface area contributed by atoms with Crippen LogP contribution in [0, 0.1) is 0 Å². The SMILES string of the molecule is O=C(COc1ccccc1)N1CC2(CC(Oc3ccccn3)CCO2)C1.O=C(O)C(F)(F)F. The fourth-order valence-corrected chi connectivity index (χ4v) is 3.47. The number of benzene rings is 1. The van der Waals surface area contributed by atoms with Crippen molar-refractivity contribution >= 4 is 11.9 Å². The number of pyridine rings is 1. The van der Waals surface area contributed by atoms with Crippen molar-refractivity contribution in [1.82, 2.24) is 9.88 Å². The summed E-state index contributed by atoms with van der Waals surface area (Å²) in [6.07, 6.45) is -1.69. The van der Waals surface area contributed by atoms with Crippen LogP contribution in [0.15, 0.2) is 54.7 Å². The molecule has 1 aromatic carbocycles. The van der Waals surface area contributed by atoms with Crippen LogP contribution >= 0.6 is 0 Å². The zero-order valence-electron chi connectivity index (χ0n) is 17.5. The lowest BCUT2D eigenvalue weighted by atomic mass is 9.84. The maximum absolute atomic E-state index is 12.3. The monoisotopic (exact) mass is 468 g/mol. The summed E-state index contributed by atoms with van der Waals surface area (Å²) in [7, 11) is 0. The van der Waals surface area contributed by atoms with E-state index in [1.165, 1.54) is 0 Å². The first-order valence-electron chi connectivity index (χ1n) is 10.1. The number of aromatic nitrogens is 1. The van der Waals surface area contributed by atoms with Crippen molar-refractivity contribution < 1.29 is 42.1 Å². The average molecular weight is 468 g/mol. The second-order valence-corrected chi connectivity index (χ2v) is 7.59. The quantitative estimate of drug-likeness (QED) is 0.721. The van der Waals surface area contributed by atoms with E-state index in [0.717, 1.165) is 12.8 Å². The molecule has 2 aliphatic heterocycles. The summed E-state index contributed by atoms with van der Waals surface area (Å²) in [5, 5.41) is 7.12. The molecule has 1 N–H and O–H groups in total. The lowest BCUT2D eigenvalue weighted by Crippen LogP contribution is -2.68. The van der Waals surface area contributed by atoms with Crippen LogP contribution in [0.2, 0.25) is 0 Å². The van der Waals surface area contributed by atoms with Crippen molar-refractivity contribution in [3.8, 4) is 11.6 Å². The molecule has 0 bridgehead atoms. The predicted molar refractivity (Wildman–Crippen MR) is 109 cm³/mol. The van der Waals surface area contributed by atoms with Gasteiger partial charge in [-0.25, -0.2) is 9.78 Å². The van der Waals surface area contributed by atoms with Gasteiger partial charge in [0.25, 0.3) is 5.91 Å². The van der Waals surface area contributed by atoms with Crippen LogP contribution in [-0.2, 0) is 14.3 Å². The maximum Gasteiger partial charge on any atom is 0.490 e. The molecule has 2 aromatic rings. The van der Waals surface area contributed by atoms with Gasteiger partial charge in [-0.05, 0) is 18.2 Å². The Bertz CT molecular complexity index is 921. The van der Waals surface area contributed by atoms with Crippen molar-refractivity contribution in [3.63, 3.8) is 0 Å². The van der Waals surface area contributed by atoms with Gasteiger partial charge in [0.1, 0.15) is 17.5 Å². The largest absolute Gasteiger partial charge is 0.490 e. The third kappa shape index (κ3) is 7.07. The van der Waals surface area contributed by atoms with Gasteiger partial charge in [0.15, 0.2) is 6.61 Å². The Morgan fingerprint density at radius 2 is 1.82 bits per heavy atom. The third-order valence-electron chi connectivity index (χ3n) is 5.03. The molecule has 8 nitrogen and oxygen atoms in total. The molecule has 2 aliphatic rings. The first kappa shape index (κ1) is 24.3. The van der Waals surface area contributed by atoms with E-state index in [4.69, 9.17) is 24.1 Å². The van der Waals surface area contributed by atoms with Gasteiger partial charge in [0.05, 0.1) is 19.7 Å². The topological polar surface area (TPSA) is 98.2 Å². The number of carboxylic acid groups (broad SMARTS) is 1. The summed E-state index contributed by atoms with van der Waals surface area (Å²) in [5.74, 6) is -1.43.